The van der Waals surface area contributed by atoms with E-state index >= 15 is 0 Å². The largest absolute Gasteiger partial charge is 0.478 e. The number of nitrogens with one attached hydrogen (secondary N) is 3. The number of aromatic nitrogens is 10. The number of nitrogens with zero attached hydrogens (tertiary/aromatic N) is 9. The second-order valence-corrected chi connectivity index (χ2v) is 16.7. The van der Waals surface area contributed by atoms with Crippen molar-refractivity contribution in [2.75, 3.05) is 26.2 Å². The first-order chi connectivity index (χ1) is 30.4. The SMILES string of the molecule is Cc1nc(-c2cc(C(=O)N3CCC(c4ccc5nncn5c4)CC3)ccc2C)c(C)[nH]1.Cc1nc(-c2cc(C(=O)O)ccc2C)c(C)[nH]1.c1cc2nncn2cc1C1CCNCC1. The Bertz CT molecular complexity index is 2890. The molecular weight excluding hydrogens is 793 g/mol. The standard InChI is InChI=1S/C24H26N6O.C13H14N2O2.C11H14N4/c1-15-4-5-19(12-21(15)23-16(2)26-17(3)27-23)24(31)29-10-8-18(9-11-29)20-6-7-22-28-25-14-30(22)13-20;1-7-4-5-10(13(16)17)6-11(7)12-8(2)14-9(3)15-12;1-2-11-14-13-8-15(11)7-10(1)9-3-5-12-6-4-9/h4-7,12-14,18H,8-11H2,1-3H3,(H,26,27);4-6H,1-3H3,(H,14,15)(H,16,17);1-2,7-9,12H,3-6H2. The predicted molar refractivity (Wildman–Crippen MR) is 242 cm³/mol. The van der Waals surface area contributed by atoms with Crippen molar-refractivity contribution < 1.29 is 14.7 Å². The molecule has 2 aliphatic heterocycles. The van der Waals surface area contributed by atoms with Gasteiger partial charge in [0.05, 0.1) is 17.0 Å². The summed E-state index contributed by atoms with van der Waals surface area (Å²) in [6.07, 6.45) is 12.1. The highest BCUT2D eigenvalue weighted by Crippen LogP contribution is 2.31. The lowest BCUT2D eigenvalue weighted by Crippen LogP contribution is -2.38. The normalized spacial score (nSPS) is 14.6. The molecule has 2 fully saturated rings. The van der Waals surface area contributed by atoms with Crippen LogP contribution >= 0.6 is 0 Å². The summed E-state index contributed by atoms with van der Waals surface area (Å²) in [4.78, 5) is 41.6. The third-order valence-electron chi connectivity index (χ3n) is 12.2. The van der Waals surface area contributed by atoms with Gasteiger partial charge >= 0.3 is 5.97 Å². The van der Waals surface area contributed by atoms with Crippen molar-refractivity contribution in [1.29, 1.82) is 0 Å². The summed E-state index contributed by atoms with van der Waals surface area (Å²) in [6, 6.07) is 19.4. The van der Waals surface area contributed by atoms with E-state index in [1.165, 1.54) is 24.0 Å². The van der Waals surface area contributed by atoms with Crippen molar-refractivity contribution in [3.63, 3.8) is 0 Å². The topological polar surface area (TPSA) is 187 Å². The average molecular weight is 847 g/mol. The van der Waals surface area contributed by atoms with Gasteiger partial charge in [-0.2, -0.15) is 0 Å². The van der Waals surface area contributed by atoms with Crippen molar-refractivity contribution in [1.82, 2.24) is 59.3 Å². The van der Waals surface area contributed by atoms with Crippen molar-refractivity contribution in [3.05, 3.63) is 142 Å². The maximum absolute atomic E-state index is 13.2. The molecule has 8 heterocycles. The third-order valence-corrected chi connectivity index (χ3v) is 12.2. The molecule has 10 rings (SSSR count). The lowest BCUT2D eigenvalue weighted by Gasteiger charge is -2.32. The van der Waals surface area contributed by atoms with Gasteiger partial charge in [0.2, 0.25) is 0 Å². The number of carbonyl (C=O) groups is 2. The monoisotopic (exact) mass is 846 g/mol. The molecule has 6 aromatic heterocycles. The van der Waals surface area contributed by atoms with Crippen LogP contribution in [0.5, 0.6) is 0 Å². The second-order valence-electron chi connectivity index (χ2n) is 16.7. The van der Waals surface area contributed by atoms with E-state index in [1.807, 2.05) is 84.7 Å². The quantitative estimate of drug-likeness (QED) is 0.128. The van der Waals surface area contributed by atoms with Crippen LogP contribution in [0.1, 0.15) is 104 Å². The van der Waals surface area contributed by atoms with Crippen molar-refractivity contribution >= 4 is 23.2 Å². The summed E-state index contributed by atoms with van der Waals surface area (Å²) in [5.41, 5.74) is 13.2. The first-order valence-electron chi connectivity index (χ1n) is 21.5. The van der Waals surface area contributed by atoms with Gasteiger partial charge < -0.3 is 25.3 Å². The molecular formula is C48H54N12O3. The summed E-state index contributed by atoms with van der Waals surface area (Å²) in [5.74, 6) is 2.03. The fourth-order valence-electron chi connectivity index (χ4n) is 8.69. The molecule has 8 aromatic rings. The van der Waals surface area contributed by atoms with Gasteiger partial charge in [-0.25, -0.2) is 14.8 Å². The van der Waals surface area contributed by atoms with E-state index in [9.17, 15) is 9.59 Å². The van der Waals surface area contributed by atoms with Gasteiger partial charge in [-0.05, 0) is 151 Å². The number of benzene rings is 2. The predicted octanol–water partition coefficient (Wildman–Crippen LogP) is 7.96. The van der Waals surface area contributed by atoms with Gasteiger partial charge in [0.15, 0.2) is 11.3 Å². The van der Waals surface area contributed by atoms with E-state index in [4.69, 9.17) is 5.11 Å². The van der Waals surface area contributed by atoms with Gasteiger partial charge in [0, 0.05) is 53.6 Å². The molecule has 0 bridgehead atoms. The molecule has 63 heavy (non-hydrogen) atoms. The number of aryl methyl sites for hydroxylation is 6. The Balaban J connectivity index is 0.000000143. The molecule has 324 valence electrons. The third kappa shape index (κ3) is 9.58. The lowest BCUT2D eigenvalue weighted by atomic mass is 9.90. The number of fused-ring (bicyclic) bond motifs is 2. The molecule has 0 aliphatic carbocycles. The minimum atomic E-state index is -0.920. The van der Waals surface area contributed by atoms with E-state index in [0.29, 0.717) is 11.8 Å². The highest BCUT2D eigenvalue weighted by Gasteiger charge is 2.26. The van der Waals surface area contributed by atoms with E-state index in [-0.39, 0.29) is 11.5 Å². The fraction of sp³-hybridized carbons (Fsp3) is 0.333. The molecule has 2 aromatic carbocycles. The van der Waals surface area contributed by atoms with Crippen LogP contribution in [-0.4, -0.2) is 97.2 Å². The van der Waals surface area contributed by atoms with E-state index in [0.717, 1.165) is 113 Å². The zero-order chi connectivity index (χ0) is 44.2. The number of rotatable bonds is 6. The van der Waals surface area contributed by atoms with Crippen LogP contribution in [0.2, 0.25) is 0 Å². The van der Waals surface area contributed by atoms with Gasteiger partial charge in [0.1, 0.15) is 24.3 Å². The number of H-pyrrole nitrogens is 2. The number of aromatic carboxylic acids is 1. The number of pyridine rings is 2. The van der Waals surface area contributed by atoms with Crippen molar-refractivity contribution in [3.8, 4) is 22.5 Å². The van der Waals surface area contributed by atoms with E-state index in [1.54, 1.807) is 24.8 Å². The molecule has 2 saturated heterocycles. The summed E-state index contributed by atoms with van der Waals surface area (Å²) >= 11 is 0. The maximum atomic E-state index is 13.2. The number of carboxylic acid groups (broad SMARTS) is 1. The maximum Gasteiger partial charge on any atom is 0.335 e. The van der Waals surface area contributed by atoms with Crippen LogP contribution in [-0.2, 0) is 0 Å². The zero-order valence-electron chi connectivity index (χ0n) is 36.7. The van der Waals surface area contributed by atoms with Gasteiger partial charge in [-0.3, -0.25) is 13.6 Å². The Morgan fingerprint density at radius 1 is 0.619 bits per heavy atom. The van der Waals surface area contributed by atoms with Crippen LogP contribution in [0.3, 0.4) is 0 Å². The smallest absolute Gasteiger partial charge is 0.335 e. The van der Waals surface area contributed by atoms with Crippen molar-refractivity contribution in [2.24, 2.45) is 0 Å². The second kappa shape index (κ2) is 18.5. The molecule has 0 unspecified atom stereocenters. The van der Waals surface area contributed by atoms with E-state index < -0.39 is 5.97 Å². The van der Waals surface area contributed by atoms with Crippen LogP contribution < -0.4 is 5.32 Å². The number of imidazole rings is 2. The number of amides is 1. The Morgan fingerprint density at radius 3 is 1.57 bits per heavy atom. The first-order valence-corrected chi connectivity index (χ1v) is 21.5. The van der Waals surface area contributed by atoms with Crippen LogP contribution in [0.15, 0.2) is 85.7 Å². The highest BCUT2D eigenvalue weighted by molar-refractivity contribution is 5.96. The molecule has 0 spiro atoms. The number of aromatic amines is 2. The zero-order valence-corrected chi connectivity index (χ0v) is 36.7. The number of likely N-dealkylation sites (tertiary alicyclic amines) is 1. The highest BCUT2D eigenvalue weighted by atomic mass is 16.4. The van der Waals surface area contributed by atoms with Crippen LogP contribution in [0.4, 0.5) is 0 Å². The molecule has 1 amide bonds. The Morgan fingerprint density at radius 2 is 1.10 bits per heavy atom. The Labute approximate surface area is 366 Å². The molecule has 4 N–H and O–H groups in total. The lowest BCUT2D eigenvalue weighted by molar-refractivity contribution is 0.0693. The first kappa shape index (κ1) is 42.7. The average Bonchev–Trinajstić information content (AvgIpc) is 4.11. The molecule has 0 saturated carbocycles. The van der Waals surface area contributed by atoms with E-state index in [2.05, 4.69) is 77.1 Å². The summed E-state index contributed by atoms with van der Waals surface area (Å²) in [7, 11) is 0. The summed E-state index contributed by atoms with van der Waals surface area (Å²) in [6.45, 7) is 15.6. The Kier molecular flexibility index (Phi) is 12.6. The minimum Gasteiger partial charge on any atom is -0.478 e. The molecule has 15 heteroatoms. The molecule has 0 radical (unpaired) electrons. The summed E-state index contributed by atoms with van der Waals surface area (Å²) in [5, 5.41) is 28.3. The van der Waals surface area contributed by atoms with Crippen LogP contribution in [0.25, 0.3) is 33.8 Å². The van der Waals surface area contributed by atoms with Gasteiger partial charge in [-0.15, -0.1) is 20.4 Å². The number of hydrogen-bond donors (Lipinski definition) is 4. The summed E-state index contributed by atoms with van der Waals surface area (Å²) < 4.78 is 3.96. The van der Waals surface area contributed by atoms with Gasteiger partial charge in [0.25, 0.3) is 5.91 Å². The van der Waals surface area contributed by atoms with Gasteiger partial charge in [-0.1, -0.05) is 24.3 Å². The molecule has 2 aliphatic rings. The Hall–Kier alpha value is -7.00. The van der Waals surface area contributed by atoms with Crippen molar-refractivity contribution in [2.45, 2.75) is 79.1 Å². The number of carbonyl (C=O) groups excluding carboxylic acids is 1. The number of carboxylic acids is 1. The van der Waals surface area contributed by atoms with Crippen LogP contribution in [0, 0.1) is 41.5 Å². The molecule has 15 nitrogen and oxygen atoms in total. The fourth-order valence-corrected chi connectivity index (χ4v) is 8.69. The number of piperidine rings is 2. The minimum absolute atomic E-state index is 0.0962. The molecule has 0 atom stereocenters. The number of hydrogen-bond acceptors (Lipinski definition) is 9.